The molecule has 3 heterocycles. The maximum Gasteiger partial charge on any atom is 0.159 e. The monoisotopic (exact) mass is 276 g/mol. The van der Waals surface area contributed by atoms with Gasteiger partial charge in [-0.25, -0.2) is 0 Å². The van der Waals surface area contributed by atoms with Crippen LogP contribution in [-0.4, -0.2) is 49.0 Å². The Morgan fingerprint density at radius 2 is 2.00 bits per heavy atom. The second kappa shape index (κ2) is 7.16. The highest BCUT2D eigenvalue weighted by molar-refractivity contribution is 5.09. The van der Waals surface area contributed by atoms with Gasteiger partial charge in [0, 0.05) is 25.4 Å². The molecular weight excluding hydrogens is 252 g/mol. The summed E-state index contributed by atoms with van der Waals surface area (Å²) >= 11 is 0. The molecule has 1 aromatic rings. The van der Waals surface area contributed by atoms with Gasteiger partial charge >= 0.3 is 0 Å². The third-order valence-corrected chi connectivity index (χ3v) is 4.33. The van der Waals surface area contributed by atoms with Gasteiger partial charge in [0.15, 0.2) is 6.29 Å². The first-order valence-electron chi connectivity index (χ1n) is 7.74. The van der Waals surface area contributed by atoms with Gasteiger partial charge in [0.2, 0.25) is 0 Å². The predicted molar refractivity (Wildman–Crippen MR) is 77.4 cm³/mol. The molecule has 0 saturated carbocycles. The average Bonchev–Trinajstić information content (AvgIpc) is 3.01. The van der Waals surface area contributed by atoms with Crippen molar-refractivity contribution in [2.24, 2.45) is 5.92 Å². The number of hydrogen-bond donors (Lipinski definition) is 0. The standard InChI is InChI=1S/C16H24N2O2/c1-2-15(13-17-6-1)12-14-3-7-18(8-4-14)9-5-16-19-10-11-20-16/h1-2,6,13-14,16H,3-5,7-12H2. The van der Waals surface area contributed by atoms with E-state index < -0.39 is 0 Å². The fourth-order valence-electron chi connectivity index (χ4n) is 3.13. The van der Waals surface area contributed by atoms with Crippen LogP contribution in [0.25, 0.3) is 0 Å². The minimum absolute atomic E-state index is 0.0446. The Bertz CT molecular complexity index is 385. The maximum atomic E-state index is 5.49. The van der Waals surface area contributed by atoms with E-state index in [1.807, 2.05) is 18.5 Å². The lowest BCUT2D eigenvalue weighted by atomic mass is 9.90. The Morgan fingerprint density at radius 3 is 2.70 bits per heavy atom. The second-order valence-corrected chi connectivity index (χ2v) is 5.81. The molecule has 2 saturated heterocycles. The number of likely N-dealkylation sites (tertiary alicyclic amines) is 1. The lowest BCUT2D eigenvalue weighted by Gasteiger charge is -2.32. The highest BCUT2D eigenvalue weighted by Gasteiger charge is 2.22. The quantitative estimate of drug-likeness (QED) is 0.825. The topological polar surface area (TPSA) is 34.6 Å². The Kier molecular flexibility index (Phi) is 5.01. The van der Waals surface area contributed by atoms with E-state index in [1.54, 1.807) is 0 Å². The van der Waals surface area contributed by atoms with Gasteiger partial charge in [-0.15, -0.1) is 0 Å². The van der Waals surface area contributed by atoms with Crippen LogP contribution in [0.2, 0.25) is 0 Å². The summed E-state index contributed by atoms with van der Waals surface area (Å²) in [5, 5.41) is 0. The van der Waals surface area contributed by atoms with Crippen LogP contribution in [0.5, 0.6) is 0 Å². The van der Waals surface area contributed by atoms with Gasteiger partial charge in [-0.2, -0.15) is 0 Å². The minimum Gasteiger partial charge on any atom is -0.350 e. The van der Waals surface area contributed by atoms with E-state index in [0.717, 1.165) is 32.1 Å². The molecule has 2 fully saturated rings. The normalized spacial score (nSPS) is 22.4. The molecule has 2 aliphatic heterocycles. The summed E-state index contributed by atoms with van der Waals surface area (Å²) in [4.78, 5) is 6.75. The summed E-state index contributed by atoms with van der Waals surface area (Å²) in [5.41, 5.74) is 1.37. The molecule has 20 heavy (non-hydrogen) atoms. The van der Waals surface area contributed by atoms with Crippen molar-refractivity contribution in [3.05, 3.63) is 30.1 Å². The molecule has 2 aliphatic rings. The molecule has 4 heteroatoms. The van der Waals surface area contributed by atoms with E-state index in [4.69, 9.17) is 9.47 Å². The number of pyridine rings is 1. The molecule has 0 bridgehead atoms. The van der Waals surface area contributed by atoms with Crippen molar-refractivity contribution < 1.29 is 9.47 Å². The zero-order chi connectivity index (χ0) is 13.6. The van der Waals surface area contributed by atoms with E-state index in [1.165, 1.54) is 37.9 Å². The van der Waals surface area contributed by atoms with Crippen molar-refractivity contribution in [1.29, 1.82) is 0 Å². The predicted octanol–water partition coefficient (Wildman–Crippen LogP) is 2.10. The summed E-state index contributed by atoms with van der Waals surface area (Å²) in [5.74, 6) is 0.814. The summed E-state index contributed by atoms with van der Waals surface area (Å²) in [7, 11) is 0. The van der Waals surface area contributed by atoms with Crippen LogP contribution in [0.15, 0.2) is 24.5 Å². The highest BCUT2D eigenvalue weighted by Crippen LogP contribution is 2.22. The first kappa shape index (κ1) is 14.0. The molecule has 110 valence electrons. The molecule has 0 radical (unpaired) electrons. The summed E-state index contributed by atoms with van der Waals surface area (Å²) in [6.45, 7) is 5.04. The average molecular weight is 276 g/mol. The zero-order valence-corrected chi connectivity index (χ0v) is 12.0. The molecule has 0 atom stereocenters. The van der Waals surface area contributed by atoms with Crippen LogP contribution in [-0.2, 0) is 15.9 Å². The molecule has 0 spiro atoms. The number of hydrogen-bond acceptors (Lipinski definition) is 4. The maximum absolute atomic E-state index is 5.49. The highest BCUT2D eigenvalue weighted by atomic mass is 16.7. The SMILES string of the molecule is c1cncc(CC2CCN(CCC3OCCO3)CC2)c1. The second-order valence-electron chi connectivity index (χ2n) is 5.81. The fraction of sp³-hybridized carbons (Fsp3) is 0.688. The minimum atomic E-state index is 0.0446. The van der Waals surface area contributed by atoms with Crippen molar-refractivity contribution in [2.45, 2.75) is 32.0 Å². The van der Waals surface area contributed by atoms with E-state index in [0.29, 0.717) is 0 Å². The molecule has 0 aliphatic carbocycles. The van der Waals surface area contributed by atoms with Crippen LogP contribution < -0.4 is 0 Å². The van der Waals surface area contributed by atoms with Crippen LogP contribution >= 0.6 is 0 Å². The molecule has 0 unspecified atom stereocenters. The number of piperidine rings is 1. The number of nitrogens with zero attached hydrogens (tertiary/aromatic N) is 2. The van der Waals surface area contributed by atoms with Gasteiger partial charge < -0.3 is 14.4 Å². The Hall–Kier alpha value is -0.970. The molecular formula is C16H24N2O2. The van der Waals surface area contributed by atoms with Crippen molar-refractivity contribution in [3.8, 4) is 0 Å². The van der Waals surface area contributed by atoms with Gasteiger partial charge in [-0.1, -0.05) is 6.07 Å². The Morgan fingerprint density at radius 1 is 1.20 bits per heavy atom. The number of aromatic nitrogens is 1. The van der Waals surface area contributed by atoms with Gasteiger partial charge in [0.25, 0.3) is 0 Å². The molecule has 0 N–H and O–H groups in total. The molecule has 0 aromatic carbocycles. The third kappa shape index (κ3) is 4.01. The van der Waals surface area contributed by atoms with Gasteiger partial charge in [0.1, 0.15) is 0 Å². The molecule has 3 rings (SSSR count). The summed E-state index contributed by atoms with van der Waals surface area (Å²) in [6, 6.07) is 4.22. The first-order chi connectivity index (χ1) is 9.90. The van der Waals surface area contributed by atoms with Gasteiger partial charge in [-0.3, -0.25) is 4.98 Å². The summed E-state index contributed by atoms with van der Waals surface area (Å²) < 4.78 is 11.0. The molecule has 4 nitrogen and oxygen atoms in total. The van der Waals surface area contributed by atoms with Crippen molar-refractivity contribution in [1.82, 2.24) is 9.88 Å². The summed E-state index contributed by atoms with van der Waals surface area (Å²) in [6.07, 6.45) is 8.66. The Labute approximate surface area is 121 Å². The lowest BCUT2D eigenvalue weighted by molar-refractivity contribution is -0.0527. The first-order valence-corrected chi connectivity index (χ1v) is 7.74. The van der Waals surface area contributed by atoms with Crippen molar-refractivity contribution in [3.63, 3.8) is 0 Å². The van der Waals surface area contributed by atoms with E-state index in [-0.39, 0.29) is 6.29 Å². The zero-order valence-electron chi connectivity index (χ0n) is 12.0. The van der Waals surface area contributed by atoms with Crippen LogP contribution in [0.3, 0.4) is 0 Å². The van der Waals surface area contributed by atoms with Crippen LogP contribution in [0.1, 0.15) is 24.8 Å². The lowest BCUT2D eigenvalue weighted by Crippen LogP contribution is -2.36. The third-order valence-electron chi connectivity index (χ3n) is 4.33. The Balaban J connectivity index is 1.36. The van der Waals surface area contributed by atoms with E-state index in [9.17, 15) is 0 Å². The number of rotatable bonds is 5. The smallest absolute Gasteiger partial charge is 0.159 e. The van der Waals surface area contributed by atoms with Crippen LogP contribution in [0.4, 0.5) is 0 Å². The van der Waals surface area contributed by atoms with Gasteiger partial charge in [0.05, 0.1) is 13.2 Å². The van der Waals surface area contributed by atoms with Crippen LogP contribution in [0, 0.1) is 5.92 Å². The van der Waals surface area contributed by atoms with E-state index >= 15 is 0 Å². The van der Waals surface area contributed by atoms with Crippen molar-refractivity contribution >= 4 is 0 Å². The molecule has 0 amide bonds. The van der Waals surface area contributed by atoms with Gasteiger partial charge in [-0.05, 0) is 49.9 Å². The largest absolute Gasteiger partial charge is 0.350 e. The van der Waals surface area contributed by atoms with E-state index in [2.05, 4.69) is 16.0 Å². The fourth-order valence-corrected chi connectivity index (χ4v) is 3.13. The number of ether oxygens (including phenoxy) is 2. The van der Waals surface area contributed by atoms with Crippen molar-refractivity contribution in [2.75, 3.05) is 32.8 Å². The molecule has 1 aromatic heterocycles.